The third kappa shape index (κ3) is 5.57. The van der Waals surface area contributed by atoms with E-state index in [2.05, 4.69) is 59.7 Å². The molecule has 0 saturated carbocycles. The summed E-state index contributed by atoms with van der Waals surface area (Å²) in [5, 5.41) is 2.57. The molecule has 5 nitrogen and oxygen atoms in total. The number of hydrogen-bond donors (Lipinski definition) is 0. The first-order chi connectivity index (χ1) is 16.1. The van der Waals surface area contributed by atoms with E-state index in [1.165, 1.54) is 27.9 Å². The number of ether oxygens (including phenoxy) is 2. The molecule has 0 spiro atoms. The van der Waals surface area contributed by atoms with Gasteiger partial charge in [0.15, 0.2) is 0 Å². The van der Waals surface area contributed by atoms with Gasteiger partial charge in [-0.1, -0.05) is 73.3 Å². The lowest BCUT2D eigenvalue weighted by molar-refractivity contribution is -0.146. The van der Waals surface area contributed by atoms with Crippen LogP contribution >= 0.6 is 0 Å². The Morgan fingerprint density at radius 3 is 1.67 bits per heavy atom. The SMILES string of the molecule is C=Cn1c2ccccc2c2ccccc21.CCOC(=O)C(=Cc1ccccc1)C(=O)OCC. The number of para-hydroxylation sites is 2. The van der Waals surface area contributed by atoms with E-state index in [0.29, 0.717) is 0 Å². The second-order valence-electron chi connectivity index (χ2n) is 7.00. The molecule has 1 aromatic heterocycles. The van der Waals surface area contributed by atoms with Crippen molar-refractivity contribution in [2.45, 2.75) is 13.8 Å². The average Bonchev–Trinajstić information content (AvgIpc) is 3.17. The van der Waals surface area contributed by atoms with Gasteiger partial charge in [-0.05, 0) is 37.6 Å². The standard InChI is InChI=1S/C14H11N.C14H16O4/c1-2-15-13-9-5-3-7-11(13)12-8-4-6-10-14(12)15;1-3-17-13(15)12(14(16)18-4-2)10-11-8-6-5-7-9-11/h2-10H,1H2;5-10H,3-4H2,1-2H3. The minimum atomic E-state index is -0.667. The van der Waals surface area contributed by atoms with Gasteiger partial charge in [0, 0.05) is 17.0 Å². The molecular weight excluding hydrogens is 414 g/mol. The number of benzene rings is 3. The molecule has 0 N–H and O–H groups in total. The zero-order valence-electron chi connectivity index (χ0n) is 18.9. The van der Waals surface area contributed by atoms with Crippen LogP contribution in [-0.2, 0) is 19.1 Å². The number of carbonyl (C=O) groups is 2. The Morgan fingerprint density at radius 1 is 0.758 bits per heavy atom. The number of aromatic nitrogens is 1. The minimum Gasteiger partial charge on any atom is -0.462 e. The van der Waals surface area contributed by atoms with Crippen molar-refractivity contribution in [3.63, 3.8) is 0 Å². The van der Waals surface area contributed by atoms with Gasteiger partial charge in [0.05, 0.1) is 24.2 Å². The van der Waals surface area contributed by atoms with Gasteiger partial charge in [-0.15, -0.1) is 0 Å². The summed E-state index contributed by atoms with van der Waals surface area (Å²) in [4.78, 5) is 23.3. The van der Waals surface area contributed by atoms with Crippen molar-refractivity contribution in [2.75, 3.05) is 13.2 Å². The third-order valence-corrected chi connectivity index (χ3v) is 4.90. The monoisotopic (exact) mass is 441 g/mol. The molecule has 0 saturated heterocycles. The van der Waals surface area contributed by atoms with Crippen molar-refractivity contribution in [3.05, 3.63) is 96.6 Å². The highest BCUT2D eigenvalue weighted by Crippen LogP contribution is 2.28. The van der Waals surface area contributed by atoms with E-state index in [4.69, 9.17) is 9.47 Å². The molecule has 0 fully saturated rings. The summed E-state index contributed by atoms with van der Waals surface area (Å²) in [6, 6.07) is 25.9. The van der Waals surface area contributed by atoms with Gasteiger partial charge in [0.1, 0.15) is 5.57 Å². The molecule has 0 atom stereocenters. The van der Waals surface area contributed by atoms with E-state index in [-0.39, 0.29) is 18.8 Å². The molecule has 4 rings (SSSR count). The lowest BCUT2D eigenvalue weighted by Crippen LogP contribution is -2.18. The number of hydrogen-bond acceptors (Lipinski definition) is 4. The lowest BCUT2D eigenvalue weighted by Gasteiger charge is -2.06. The molecule has 0 aliphatic rings. The van der Waals surface area contributed by atoms with Gasteiger partial charge in [-0.2, -0.15) is 0 Å². The fraction of sp³-hybridized carbons (Fsp3) is 0.143. The van der Waals surface area contributed by atoms with Crippen LogP contribution in [0.1, 0.15) is 19.4 Å². The number of rotatable bonds is 6. The molecule has 0 amide bonds. The van der Waals surface area contributed by atoms with Crippen LogP contribution in [0, 0.1) is 0 Å². The normalized spacial score (nSPS) is 10.1. The summed E-state index contributed by atoms with van der Waals surface area (Å²) in [6.07, 6.45) is 3.33. The lowest BCUT2D eigenvalue weighted by atomic mass is 10.1. The fourth-order valence-electron chi connectivity index (χ4n) is 3.48. The fourth-order valence-corrected chi connectivity index (χ4v) is 3.48. The first-order valence-corrected chi connectivity index (χ1v) is 10.8. The summed E-state index contributed by atoms with van der Waals surface area (Å²) >= 11 is 0. The number of fused-ring (bicyclic) bond motifs is 3. The molecule has 0 aliphatic heterocycles. The van der Waals surface area contributed by atoms with Crippen LogP contribution < -0.4 is 0 Å². The quantitative estimate of drug-likeness (QED) is 0.157. The molecule has 1 heterocycles. The molecule has 33 heavy (non-hydrogen) atoms. The highest BCUT2D eigenvalue weighted by atomic mass is 16.6. The van der Waals surface area contributed by atoms with Gasteiger partial charge < -0.3 is 14.0 Å². The van der Waals surface area contributed by atoms with E-state index in [1.54, 1.807) is 26.0 Å². The summed E-state index contributed by atoms with van der Waals surface area (Å²) in [7, 11) is 0. The van der Waals surface area contributed by atoms with Gasteiger partial charge in [-0.25, -0.2) is 9.59 Å². The molecule has 0 radical (unpaired) electrons. The Hall–Kier alpha value is -4.12. The Morgan fingerprint density at radius 2 is 1.21 bits per heavy atom. The molecule has 0 aliphatic carbocycles. The second kappa shape index (κ2) is 11.5. The van der Waals surface area contributed by atoms with Gasteiger partial charge in [-0.3, -0.25) is 0 Å². The third-order valence-electron chi connectivity index (χ3n) is 4.90. The van der Waals surface area contributed by atoms with Crippen LogP contribution in [0.15, 0.2) is 91.0 Å². The molecule has 0 bridgehead atoms. The van der Waals surface area contributed by atoms with E-state index in [1.807, 2.05) is 24.4 Å². The summed E-state index contributed by atoms with van der Waals surface area (Å²) in [6.45, 7) is 7.66. The number of nitrogens with zero attached hydrogens (tertiary/aromatic N) is 1. The predicted octanol–water partition coefficient (Wildman–Crippen LogP) is 6.09. The van der Waals surface area contributed by atoms with Gasteiger partial charge in [0.25, 0.3) is 0 Å². The predicted molar refractivity (Wildman–Crippen MR) is 134 cm³/mol. The molecule has 4 aromatic rings. The maximum Gasteiger partial charge on any atom is 0.345 e. The molecule has 168 valence electrons. The zero-order chi connectivity index (χ0) is 23.6. The highest BCUT2D eigenvalue weighted by Gasteiger charge is 2.20. The minimum absolute atomic E-state index is 0.0927. The summed E-state index contributed by atoms with van der Waals surface area (Å²) < 4.78 is 11.8. The first-order valence-electron chi connectivity index (χ1n) is 10.8. The Labute approximate surface area is 193 Å². The van der Waals surface area contributed by atoms with Crippen molar-refractivity contribution < 1.29 is 19.1 Å². The van der Waals surface area contributed by atoms with Crippen LogP contribution in [-0.4, -0.2) is 29.7 Å². The average molecular weight is 442 g/mol. The van der Waals surface area contributed by atoms with Crippen molar-refractivity contribution in [2.24, 2.45) is 0 Å². The molecule has 5 heteroatoms. The second-order valence-corrected chi connectivity index (χ2v) is 7.00. The highest BCUT2D eigenvalue weighted by molar-refractivity contribution is 6.17. The zero-order valence-corrected chi connectivity index (χ0v) is 18.9. The van der Waals surface area contributed by atoms with Crippen LogP contribution in [0.4, 0.5) is 0 Å². The Kier molecular flexibility index (Phi) is 8.19. The van der Waals surface area contributed by atoms with E-state index >= 15 is 0 Å². The van der Waals surface area contributed by atoms with E-state index in [0.717, 1.165) is 5.56 Å². The Bertz CT molecular complexity index is 1210. The summed E-state index contributed by atoms with van der Waals surface area (Å²) in [5.74, 6) is -1.33. The van der Waals surface area contributed by atoms with E-state index < -0.39 is 11.9 Å². The van der Waals surface area contributed by atoms with E-state index in [9.17, 15) is 9.59 Å². The molecule has 0 unspecified atom stereocenters. The van der Waals surface area contributed by atoms with Crippen molar-refractivity contribution in [1.29, 1.82) is 0 Å². The number of carbonyl (C=O) groups excluding carboxylic acids is 2. The maximum atomic E-state index is 11.7. The smallest absolute Gasteiger partial charge is 0.345 e. The molecular formula is C28H27NO4. The largest absolute Gasteiger partial charge is 0.462 e. The summed E-state index contributed by atoms with van der Waals surface area (Å²) in [5.41, 5.74) is 3.08. The van der Waals surface area contributed by atoms with Gasteiger partial charge >= 0.3 is 11.9 Å². The molecule has 3 aromatic carbocycles. The van der Waals surface area contributed by atoms with Crippen LogP contribution in [0.5, 0.6) is 0 Å². The Balaban J connectivity index is 0.000000188. The maximum absolute atomic E-state index is 11.7. The topological polar surface area (TPSA) is 57.5 Å². The van der Waals surface area contributed by atoms with Crippen LogP contribution in [0.2, 0.25) is 0 Å². The van der Waals surface area contributed by atoms with Gasteiger partial charge in [0.2, 0.25) is 0 Å². The van der Waals surface area contributed by atoms with Crippen LogP contribution in [0.3, 0.4) is 0 Å². The first kappa shape index (κ1) is 23.5. The van der Waals surface area contributed by atoms with Crippen LogP contribution in [0.25, 0.3) is 34.1 Å². The number of esters is 2. The van der Waals surface area contributed by atoms with Crippen molar-refractivity contribution in [3.8, 4) is 0 Å². The van der Waals surface area contributed by atoms with Crippen molar-refractivity contribution >= 4 is 46.0 Å². The van der Waals surface area contributed by atoms with Crippen molar-refractivity contribution in [1.82, 2.24) is 4.57 Å².